The second kappa shape index (κ2) is 7.80. The molecular formula is C21H18F3N5O3S. The molecule has 33 heavy (non-hydrogen) atoms. The topological polar surface area (TPSA) is 107 Å². The van der Waals surface area contributed by atoms with E-state index in [-0.39, 0.29) is 39.2 Å². The predicted molar refractivity (Wildman–Crippen MR) is 116 cm³/mol. The van der Waals surface area contributed by atoms with E-state index in [0.717, 1.165) is 6.07 Å². The zero-order valence-electron chi connectivity index (χ0n) is 17.7. The van der Waals surface area contributed by atoms with Crippen LogP contribution in [0.4, 0.5) is 18.9 Å². The number of halogens is 3. The van der Waals surface area contributed by atoms with E-state index in [1.807, 2.05) is 0 Å². The van der Waals surface area contributed by atoms with Gasteiger partial charge in [-0.25, -0.2) is 18.4 Å². The number of imidazole rings is 1. The molecule has 3 aromatic heterocycles. The number of fused-ring (bicyclic) bond motifs is 2. The number of sulfone groups is 1. The predicted octanol–water partition coefficient (Wildman–Crippen LogP) is 3.95. The Morgan fingerprint density at radius 1 is 1.15 bits per heavy atom. The standard InChI is InChI=1S/C21H18F3N5O3S/c1-4-33(31,32)18-15-6-5-14(27-11(2)30)7-12(15)9-25-17(18)20-28-16-8-13(21(22,23)24)10-26-19(16)29(20)3/h5-10H,4H2,1-3H3,(H,27,30). The molecule has 172 valence electrons. The molecule has 0 aliphatic carbocycles. The number of rotatable bonds is 4. The van der Waals surface area contributed by atoms with Gasteiger partial charge in [0, 0.05) is 42.8 Å². The lowest BCUT2D eigenvalue weighted by Gasteiger charge is -2.13. The lowest BCUT2D eigenvalue weighted by atomic mass is 10.1. The number of amides is 1. The van der Waals surface area contributed by atoms with E-state index in [0.29, 0.717) is 22.7 Å². The molecule has 8 nitrogen and oxygen atoms in total. The van der Waals surface area contributed by atoms with Crippen LogP contribution in [0.3, 0.4) is 0 Å². The number of carbonyl (C=O) groups excluding carboxylic acids is 1. The minimum absolute atomic E-state index is 0.00526. The molecule has 0 bridgehead atoms. The molecule has 3 heterocycles. The van der Waals surface area contributed by atoms with Crippen molar-refractivity contribution in [3.63, 3.8) is 0 Å². The molecular weight excluding hydrogens is 459 g/mol. The van der Waals surface area contributed by atoms with Gasteiger partial charge in [-0.15, -0.1) is 0 Å². The third-order valence-electron chi connectivity index (χ3n) is 5.10. The van der Waals surface area contributed by atoms with Crippen molar-refractivity contribution in [2.45, 2.75) is 24.9 Å². The normalized spacial score (nSPS) is 12.4. The summed E-state index contributed by atoms with van der Waals surface area (Å²) in [6, 6.07) is 5.57. The lowest BCUT2D eigenvalue weighted by Crippen LogP contribution is -2.10. The molecule has 1 N–H and O–H groups in total. The molecule has 4 aromatic rings. The lowest BCUT2D eigenvalue weighted by molar-refractivity contribution is -0.137. The Kier molecular flexibility index (Phi) is 5.35. The third-order valence-corrected chi connectivity index (χ3v) is 6.90. The highest BCUT2D eigenvalue weighted by Gasteiger charge is 2.32. The van der Waals surface area contributed by atoms with Crippen LogP contribution in [0.25, 0.3) is 33.5 Å². The fourth-order valence-corrected chi connectivity index (χ4v) is 4.79. The number of alkyl halides is 3. The summed E-state index contributed by atoms with van der Waals surface area (Å²) in [6.07, 6.45) is -2.46. The van der Waals surface area contributed by atoms with Crippen molar-refractivity contribution in [1.82, 2.24) is 19.5 Å². The molecule has 1 amide bonds. The van der Waals surface area contributed by atoms with Crippen LogP contribution >= 0.6 is 0 Å². The molecule has 0 saturated carbocycles. The van der Waals surface area contributed by atoms with Crippen molar-refractivity contribution in [3.8, 4) is 11.5 Å². The minimum Gasteiger partial charge on any atom is -0.326 e. The van der Waals surface area contributed by atoms with Gasteiger partial charge >= 0.3 is 6.18 Å². The van der Waals surface area contributed by atoms with E-state index >= 15 is 0 Å². The SMILES string of the molecule is CCS(=O)(=O)c1c(-c2nc3cc(C(F)(F)F)cnc3n2C)ncc2cc(NC(C)=O)ccc12. The molecule has 12 heteroatoms. The van der Waals surface area contributed by atoms with Crippen molar-refractivity contribution < 1.29 is 26.4 Å². The summed E-state index contributed by atoms with van der Waals surface area (Å²) in [5.74, 6) is -0.447. The highest BCUT2D eigenvalue weighted by molar-refractivity contribution is 7.91. The largest absolute Gasteiger partial charge is 0.417 e. The number of aryl methyl sites for hydroxylation is 1. The fraction of sp³-hybridized carbons (Fsp3) is 0.238. The van der Waals surface area contributed by atoms with Crippen LogP contribution in [-0.2, 0) is 27.9 Å². The number of anilines is 1. The molecule has 0 atom stereocenters. The minimum atomic E-state index is -4.59. The Bertz CT molecular complexity index is 1530. The Hall–Kier alpha value is -3.54. The molecule has 0 fully saturated rings. The third kappa shape index (κ3) is 4.01. The number of benzene rings is 1. The maximum atomic E-state index is 13.1. The summed E-state index contributed by atoms with van der Waals surface area (Å²) >= 11 is 0. The molecule has 0 spiro atoms. The van der Waals surface area contributed by atoms with Crippen molar-refractivity contribution in [2.24, 2.45) is 7.05 Å². The maximum absolute atomic E-state index is 13.1. The van der Waals surface area contributed by atoms with Crippen LogP contribution < -0.4 is 5.32 Å². The van der Waals surface area contributed by atoms with Crippen LogP contribution in [0.15, 0.2) is 41.6 Å². The van der Waals surface area contributed by atoms with Gasteiger partial charge in [-0.1, -0.05) is 13.0 Å². The summed E-state index contributed by atoms with van der Waals surface area (Å²) in [5.41, 5.74) is -0.370. The Morgan fingerprint density at radius 3 is 2.52 bits per heavy atom. The first-order chi connectivity index (χ1) is 15.4. The van der Waals surface area contributed by atoms with E-state index in [1.165, 1.54) is 31.7 Å². The highest BCUT2D eigenvalue weighted by atomic mass is 32.2. The van der Waals surface area contributed by atoms with Gasteiger partial charge in [0.05, 0.1) is 11.3 Å². The first kappa shape index (κ1) is 22.6. The number of hydrogen-bond acceptors (Lipinski definition) is 6. The number of nitrogens with zero attached hydrogens (tertiary/aromatic N) is 4. The molecule has 1 aromatic carbocycles. The van der Waals surface area contributed by atoms with Gasteiger partial charge in [-0.3, -0.25) is 9.78 Å². The summed E-state index contributed by atoms with van der Waals surface area (Å²) in [6.45, 7) is 2.83. The van der Waals surface area contributed by atoms with E-state index in [4.69, 9.17) is 0 Å². The van der Waals surface area contributed by atoms with E-state index in [2.05, 4.69) is 20.3 Å². The molecule has 0 aliphatic rings. The van der Waals surface area contributed by atoms with Gasteiger partial charge < -0.3 is 9.88 Å². The smallest absolute Gasteiger partial charge is 0.326 e. The monoisotopic (exact) mass is 477 g/mol. The Morgan fingerprint density at radius 2 is 1.88 bits per heavy atom. The van der Waals surface area contributed by atoms with E-state index in [1.54, 1.807) is 18.2 Å². The quantitative estimate of drug-likeness (QED) is 0.477. The molecule has 0 unspecified atom stereocenters. The van der Waals surface area contributed by atoms with Gasteiger partial charge in [0.1, 0.15) is 16.1 Å². The van der Waals surface area contributed by atoms with Gasteiger partial charge in [0.2, 0.25) is 5.91 Å². The van der Waals surface area contributed by atoms with Crippen LogP contribution in [0, 0.1) is 0 Å². The van der Waals surface area contributed by atoms with Gasteiger partial charge in [0.25, 0.3) is 0 Å². The average molecular weight is 477 g/mol. The van der Waals surface area contributed by atoms with E-state index in [9.17, 15) is 26.4 Å². The maximum Gasteiger partial charge on any atom is 0.417 e. The molecule has 0 radical (unpaired) electrons. The molecule has 0 saturated heterocycles. The summed E-state index contributed by atoms with van der Waals surface area (Å²) in [4.78, 5) is 23.7. The van der Waals surface area contributed by atoms with Crippen LogP contribution in [0.5, 0.6) is 0 Å². The fourth-order valence-electron chi connectivity index (χ4n) is 3.54. The number of carbonyl (C=O) groups is 1. The second-order valence-electron chi connectivity index (χ2n) is 7.38. The zero-order valence-corrected chi connectivity index (χ0v) is 18.5. The Balaban J connectivity index is 2.00. The second-order valence-corrected chi connectivity index (χ2v) is 9.60. The van der Waals surface area contributed by atoms with Crippen molar-refractivity contribution in [2.75, 3.05) is 11.1 Å². The number of nitrogens with one attached hydrogen (secondary N) is 1. The van der Waals surface area contributed by atoms with E-state index < -0.39 is 21.6 Å². The first-order valence-electron chi connectivity index (χ1n) is 9.75. The van der Waals surface area contributed by atoms with Gasteiger partial charge in [-0.05, 0) is 18.2 Å². The number of aromatic nitrogens is 4. The highest BCUT2D eigenvalue weighted by Crippen LogP contribution is 2.35. The van der Waals surface area contributed by atoms with Crippen molar-refractivity contribution in [1.29, 1.82) is 0 Å². The Labute approximate surface area is 186 Å². The van der Waals surface area contributed by atoms with Crippen molar-refractivity contribution >= 4 is 43.4 Å². The zero-order chi connectivity index (χ0) is 24.1. The van der Waals surface area contributed by atoms with Crippen LogP contribution in [0.1, 0.15) is 19.4 Å². The molecule has 4 rings (SSSR count). The van der Waals surface area contributed by atoms with Gasteiger partial charge in [-0.2, -0.15) is 13.2 Å². The summed E-state index contributed by atoms with van der Waals surface area (Å²) in [5, 5.41) is 3.45. The first-order valence-corrected chi connectivity index (χ1v) is 11.4. The summed E-state index contributed by atoms with van der Waals surface area (Å²) in [7, 11) is -2.30. The van der Waals surface area contributed by atoms with Crippen molar-refractivity contribution in [3.05, 3.63) is 42.2 Å². The number of hydrogen-bond donors (Lipinski definition) is 1. The van der Waals surface area contributed by atoms with Crippen LogP contribution in [0.2, 0.25) is 0 Å². The number of pyridine rings is 2. The van der Waals surface area contributed by atoms with Crippen LogP contribution in [-0.4, -0.2) is 39.6 Å². The summed E-state index contributed by atoms with van der Waals surface area (Å²) < 4.78 is 66.9. The van der Waals surface area contributed by atoms with Gasteiger partial charge in [0.15, 0.2) is 21.3 Å². The average Bonchev–Trinajstić information content (AvgIpc) is 3.07. The molecule has 0 aliphatic heterocycles.